The molecule has 1 rings (SSSR count). The highest BCUT2D eigenvalue weighted by atomic mass is 14.7. The molecule has 0 saturated heterocycles. The molecule has 1 unspecified atom stereocenters. The summed E-state index contributed by atoms with van der Waals surface area (Å²) >= 11 is 0. The second kappa shape index (κ2) is 7.65. The highest BCUT2D eigenvalue weighted by molar-refractivity contribution is 5.64. The van der Waals surface area contributed by atoms with Gasteiger partial charge in [-0.2, -0.15) is 0 Å². The van der Waals surface area contributed by atoms with E-state index >= 15 is 0 Å². The molecule has 0 aliphatic carbocycles. The molecular formula is C15H27N. The van der Waals surface area contributed by atoms with Gasteiger partial charge in [-0.15, -0.1) is 0 Å². The fraction of sp³-hybridized carbons (Fsp3) is 0.800. The van der Waals surface area contributed by atoms with Gasteiger partial charge in [0.15, 0.2) is 0 Å². The molecule has 1 heteroatoms. The zero-order chi connectivity index (χ0) is 11.8. The molecule has 0 fully saturated rings. The molecule has 0 N–H and O–H groups in total. The van der Waals surface area contributed by atoms with Gasteiger partial charge in [-0.3, -0.25) is 4.99 Å². The van der Waals surface area contributed by atoms with Crippen LogP contribution < -0.4 is 0 Å². The van der Waals surface area contributed by atoms with E-state index in [4.69, 9.17) is 0 Å². The Kier molecular flexibility index (Phi) is 6.44. The van der Waals surface area contributed by atoms with Crippen LogP contribution in [0.5, 0.6) is 0 Å². The highest BCUT2D eigenvalue weighted by Crippen LogP contribution is 2.24. The van der Waals surface area contributed by atoms with Crippen molar-refractivity contribution in [3.8, 4) is 0 Å². The Hall–Kier alpha value is -0.590. The fourth-order valence-corrected chi connectivity index (χ4v) is 2.33. The minimum atomic E-state index is 0.647. The van der Waals surface area contributed by atoms with Gasteiger partial charge in [-0.1, -0.05) is 51.5 Å². The normalized spacial score (nSPS) is 20.6. The summed E-state index contributed by atoms with van der Waals surface area (Å²) in [6.45, 7) is 6.76. The lowest BCUT2D eigenvalue weighted by atomic mass is 9.96. The van der Waals surface area contributed by atoms with Crippen molar-refractivity contribution in [1.29, 1.82) is 0 Å². The van der Waals surface area contributed by atoms with Gasteiger partial charge in [0, 0.05) is 11.9 Å². The number of nitrogens with zero attached hydrogens (tertiary/aromatic N) is 1. The SMILES string of the molecule is CCCCCCCCC1=C(C)CC(C)C=N1. The van der Waals surface area contributed by atoms with Crippen molar-refractivity contribution in [2.24, 2.45) is 10.9 Å². The van der Waals surface area contributed by atoms with Crippen LogP contribution in [0.25, 0.3) is 0 Å². The van der Waals surface area contributed by atoms with E-state index in [0.717, 1.165) is 0 Å². The van der Waals surface area contributed by atoms with Crippen LogP contribution in [0.15, 0.2) is 16.3 Å². The summed E-state index contributed by atoms with van der Waals surface area (Å²) in [6.07, 6.45) is 12.8. The molecule has 1 aliphatic heterocycles. The zero-order valence-electron chi connectivity index (χ0n) is 11.3. The molecule has 1 nitrogen and oxygen atoms in total. The van der Waals surface area contributed by atoms with Crippen LogP contribution in [-0.4, -0.2) is 6.21 Å². The molecule has 0 aromatic heterocycles. The highest BCUT2D eigenvalue weighted by Gasteiger charge is 2.10. The molecule has 0 bridgehead atoms. The molecule has 92 valence electrons. The third-order valence-electron chi connectivity index (χ3n) is 3.37. The average Bonchev–Trinajstić information content (AvgIpc) is 2.26. The first-order chi connectivity index (χ1) is 7.74. The monoisotopic (exact) mass is 221 g/mol. The Labute approximate surface area is 101 Å². The van der Waals surface area contributed by atoms with Gasteiger partial charge in [0.2, 0.25) is 0 Å². The molecule has 1 aliphatic rings. The summed E-state index contributed by atoms with van der Waals surface area (Å²) in [5.74, 6) is 0.647. The summed E-state index contributed by atoms with van der Waals surface area (Å²) in [5.41, 5.74) is 2.89. The van der Waals surface area contributed by atoms with E-state index in [1.165, 1.54) is 62.6 Å². The Morgan fingerprint density at radius 3 is 2.56 bits per heavy atom. The quantitative estimate of drug-likeness (QED) is 0.529. The molecular weight excluding hydrogens is 194 g/mol. The van der Waals surface area contributed by atoms with Crippen LogP contribution >= 0.6 is 0 Å². The van der Waals surface area contributed by atoms with E-state index in [1.54, 1.807) is 0 Å². The van der Waals surface area contributed by atoms with Gasteiger partial charge in [0.25, 0.3) is 0 Å². The Bertz CT molecular complexity index is 250. The smallest absolute Gasteiger partial charge is 0.0389 e. The standard InChI is InChI=1S/C15H27N/c1-4-5-6-7-8-9-10-15-14(3)11-13(2)12-16-15/h12-13H,4-11H2,1-3H3. The first-order valence-electron chi connectivity index (χ1n) is 6.96. The van der Waals surface area contributed by atoms with Crippen molar-refractivity contribution in [1.82, 2.24) is 0 Å². The first kappa shape index (κ1) is 13.5. The third kappa shape index (κ3) is 4.96. The number of unbranched alkanes of at least 4 members (excludes halogenated alkanes) is 5. The van der Waals surface area contributed by atoms with Gasteiger partial charge < -0.3 is 0 Å². The summed E-state index contributed by atoms with van der Waals surface area (Å²) in [5, 5.41) is 0. The fourth-order valence-electron chi connectivity index (χ4n) is 2.33. The van der Waals surface area contributed by atoms with Crippen molar-refractivity contribution >= 4 is 6.21 Å². The Balaban J connectivity index is 2.13. The van der Waals surface area contributed by atoms with Crippen molar-refractivity contribution in [2.75, 3.05) is 0 Å². The Morgan fingerprint density at radius 2 is 1.88 bits per heavy atom. The maximum atomic E-state index is 4.58. The van der Waals surface area contributed by atoms with Crippen LogP contribution in [0.4, 0.5) is 0 Å². The van der Waals surface area contributed by atoms with Crippen molar-refractivity contribution < 1.29 is 0 Å². The van der Waals surface area contributed by atoms with Crippen molar-refractivity contribution in [2.45, 2.75) is 72.1 Å². The molecule has 0 amide bonds. The van der Waals surface area contributed by atoms with E-state index in [0.29, 0.717) is 5.92 Å². The van der Waals surface area contributed by atoms with Gasteiger partial charge in [0.05, 0.1) is 0 Å². The minimum Gasteiger partial charge on any atom is -0.265 e. The third-order valence-corrected chi connectivity index (χ3v) is 3.37. The van der Waals surface area contributed by atoms with Crippen LogP contribution in [0.3, 0.4) is 0 Å². The van der Waals surface area contributed by atoms with Crippen LogP contribution in [0.1, 0.15) is 72.1 Å². The Morgan fingerprint density at radius 1 is 1.19 bits per heavy atom. The zero-order valence-corrected chi connectivity index (χ0v) is 11.3. The predicted octanol–water partition coefficient (Wildman–Crippen LogP) is 5.12. The molecule has 16 heavy (non-hydrogen) atoms. The van der Waals surface area contributed by atoms with E-state index in [2.05, 4.69) is 32.0 Å². The lowest BCUT2D eigenvalue weighted by Crippen LogP contribution is -2.04. The van der Waals surface area contributed by atoms with E-state index in [-0.39, 0.29) is 0 Å². The van der Waals surface area contributed by atoms with Gasteiger partial charge >= 0.3 is 0 Å². The number of rotatable bonds is 7. The molecule has 0 aromatic carbocycles. The van der Waals surface area contributed by atoms with Gasteiger partial charge in [-0.25, -0.2) is 0 Å². The maximum Gasteiger partial charge on any atom is 0.0389 e. The minimum absolute atomic E-state index is 0.647. The van der Waals surface area contributed by atoms with Gasteiger partial charge in [-0.05, 0) is 32.1 Å². The summed E-state index contributed by atoms with van der Waals surface area (Å²) in [7, 11) is 0. The molecule has 0 spiro atoms. The molecule has 1 atom stereocenters. The average molecular weight is 221 g/mol. The van der Waals surface area contributed by atoms with E-state index in [9.17, 15) is 0 Å². The lowest BCUT2D eigenvalue weighted by Gasteiger charge is -2.16. The largest absolute Gasteiger partial charge is 0.265 e. The van der Waals surface area contributed by atoms with Crippen LogP contribution in [0.2, 0.25) is 0 Å². The number of hydrogen-bond acceptors (Lipinski definition) is 1. The molecule has 0 radical (unpaired) electrons. The number of allylic oxidation sites excluding steroid dienone is 2. The summed E-state index contributed by atoms with van der Waals surface area (Å²) < 4.78 is 0. The molecule has 0 saturated carbocycles. The predicted molar refractivity (Wildman–Crippen MR) is 73.0 cm³/mol. The van der Waals surface area contributed by atoms with Crippen molar-refractivity contribution in [3.05, 3.63) is 11.3 Å². The topological polar surface area (TPSA) is 12.4 Å². The maximum absolute atomic E-state index is 4.58. The first-order valence-corrected chi connectivity index (χ1v) is 6.96. The van der Waals surface area contributed by atoms with Crippen LogP contribution in [0, 0.1) is 5.92 Å². The molecule has 0 aromatic rings. The lowest BCUT2D eigenvalue weighted by molar-refractivity contribution is 0.601. The molecule has 1 heterocycles. The summed E-state index contributed by atoms with van der Waals surface area (Å²) in [6, 6.07) is 0. The second-order valence-corrected chi connectivity index (χ2v) is 5.20. The van der Waals surface area contributed by atoms with Crippen molar-refractivity contribution in [3.63, 3.8) is 0 Å². The second-order valence-electron chi connectivity index (χ2n) is 5.20. The number of hydrogen-bond donors (Lipinski definition) is 0. The van der Waals surface area contributed by atoms with E-state index < -0.39 is 0 Å². The van der Waals surface area contributed by atoms with Gasteiger partial charge in [0.1, 0.15) is 0 Å². The van der Waals surface area contributed by atoms with E-state index in [1.807, 2.05) is 0 Å². The van der Waals surface area contributed by atoms with Crippen LogP contribution in [-0.2, 0) is 0 Å². The summed E-state index contributed by atoms with van der Waals surface area (Å²) in [4.78, 5) is 4.58. The number of aliphatic imine (C=N–C) groups is 1.